The Balaban J connectivity index is 1.91. The SMILES string of the molecule is CC(C)CC(NC(=O)CCC(=O)c1cccs1)c1ccccc1. The van der Waals surface area contributed by atoms with E-state index in [0.717, 1.165) is 16.9 Å². The van der Waals surface area contributed by atoms with E-state index in [1.807, 2.05) is 41.8 Å². The van der Waals surface area contributed by atoms with Crippen LogP contribution in [0.1, 0.15) is 54.4 Å². The molecule has 1 aromatic heterocycles. The number of benzene rings is 1. The number of thiophene rings is 1. The van der Waals surface area contributed by atoms with Gasteiger partial charge in [-0.25, -0.2) is 0 Å². The Morgan fingerprint density at radius 1 is 1.04 bits per heavy atom. The van der Waals surface area contributed by atoms with Gasteiger partial charge in [-0.15, -0.1) is 11.3 Å². The number of rotatable bonds is 8. The second-order valence-electron chi connectivity index (χ2n) is 6.06. The van der Waals surface area contributed by atoms with Gasteiger partial charge in [0, 0.05) is 12.8 Å². The van der Waals surface area contributed by atoms with Gasteiger partial charge in [-0.3, -0.25) is 9.59 Å². The van der Waals surface area contributed by atoms with Crippen molar-refractivity contribution in [2.45, 2.75) is 39.2 Å². The Labute approximate surface area is 141 Å². The molecule has 122 valence electrons. The number of amides is 1. The van der Waals surface area contributed by atoms with E-state index in [4.69, 9.17) is 0 Å². The Bertz CT molecular complexity index is 620. The maximum Gasteiger partial charge on any atom is 0.220 e. The molecule has 0 bridgehead atoms. The van der Waals surface area contributed by atoms with E-state index in [2.05, 4.69) is 19.2 Å². The highest BCUT2D eigenvalue weighted by molar-refractivity contribution is 7.12. The summed E-state index contributed by atoms with van der Waals surface area (Å²) in [6.45, 7) is 4.28. The molecule has 1 N–H and O–H groups in total. The molecule has 23 heavy (non-hydrogen) atoms. The van der Waals surface area contributed by atoms with Crippen LogP contribution in [0.3, 0.4) is 0 Å². The number of hydrogen-bond acceptors (Lipinski definition) is 3. The zero-order valence-corrected chi connectivity index (χ0v) is 14.4. The highest BCUT2D eigenvalue weighted by Gasteiger charge is 2.17. The van der Waals surface area contributed by atoms with Gasteiger partial charge in [-0.05, 0) is 29.3 Å². The minimum atomic E-state index is -0.0654. The third-order valence-electron chi connectivity index (χ3n) is 3.62. The fourth-order valence-corrected chi connectivity index (χ4v) is 3.18. The average molecular weight is 329 g/mol. The van der Waals surface area contributed by atoms with Crippen molar-refractivity contribution in [1.82, 2.24) is 5.32 Å². The first kappa shape index (κ1) is 17.4. The largest absolute Gasteiger partial charge is 0.349 e. The lowest BCUT2D eigenvalue weighted by Crippen LogP contribution is -2.29. The molecule has 0 saturated carbocycles. The minimum Gasteiger partial charge on any atom is -0.349 e. The summed E-state index contributed by atoms with van der Waals surface area (Å²) >= 11 is 1.42. The molecule has 1 aromatic carbocycles. The van der Waals surface area contributed by atoms with Crippen LogP contribution in [0.4, 0.5) is 0 Å². The molecule has 2 aromatic rings. The quantitative estimate of drug-likeness (QED) is 0.719. The molecular weight excluding hydrogens is 306 g/mol. The number of hydrogen-bond donors (Lipinski definition) is 1. The van der Waals surface area contributed by atoms with Crippen molar-refractivity contribution in [3.63, 3.8) is 0 Å². The normalized spacial score (nSPS) is 12.1. The number of carbonyl (C=O) groups is 2. The van der Waals surface area contributed by atoms with Crippen LogP contribution in [0.5, 0.6) is 0 Å². The van der Waals surface area contributed by atoms with Crippen molar-refractivity contribution in [3.05, 3.63) is 58.3 Å². The summed E-state index contributed by atoms with van der Waals surface area (Å²) < 4.78 is 0. The van der Waals surface area contributed by atoms with Crippen molar-refractivity contribution in [2.24, 2.45) is 5.92 Å². The van der Waals surface area contributed by atoms with Crippen LogP contribution >= 0.6 is 11.3 Å². The molecule has 0 saturated heterocycles. The maximum absolute atomic E-state index is 12.2. The summed E-state index contributed by atoms with van der Waals surface area (Å²) in [6, 6.07) is 13.7. The third kappa shape index (κ3) is 5.64. The van der Waals surface area contributed by atoms with E-state index in [1.165, 1.54) is 11.3 Å². The van der Waals surface area contributed by atoms with E-state index in [1.54, 1.807) is 6.07 Å². The number of Topliss-reactive ketones (excluding diaryl/α,β-unsaturated/α-hetero) is 1. The highest BCUT2D eigenvalue weighted by Crippen LogP contribution is 2.21. The van der Waals surface area contributed by atoms with E-state index in [-0.39, 0.29) is 30.6 Å². The molecule has 0 spiro atoms. The third-order valence-corrected chi connectivity index (χ3v) is 4.53. The molecule has 0 aliphatic rings. The van der Waals surface area contributed by atoms with Crippen LogP contribution in [0.15, 0.2) is 47.8 Å². The topological polar surface area (TPSA) is 46.2 Å². The number of carbonyl (C=O) groups excluding carboxylic acids is 2. The van der Waals surface area contributed by atoms with Crippen LogP contribution in [-0.4, -0.2) is 11.7 Å². The van der Waals surface area contributed by atoms with E-state index < -0.39 is 0 Å². The van der Waals surface area contributed by atoms with Crippen molar-refractivity contribution in [2.75, 3.05) is 0 Å². The lowest BCUT2D eigenvalue weighted by Gasteiger charge is -2.21. The van der Waals surface area contributed by atoms with Crippen LogP contribution in [0.2, 0.25) is 0 Å². The van der Waals surface area contributed by atoms with Crippen LogP contribution in [0, 0.1) is 5.92 Å². The van der Waals surface area contributed by atoms with Gasteiger partial charge in [0.15, 0.2) is 5.78 Å². The van der Waals surface area contributed by atoms with Crippen LogP contribution in [-0.2, 0) is 4.79 Å². The van der Waals surface area contributed by atoms with Gasteiger partial charge in [0.25, 0.3) is 0 Å². The predicted octanol–water partition coefficient (Wildman–Crippen LogP) is 4.61. The molecule has 1 unspecified atom stereocenters. The van der Waals surface area contributed by atoms with Gasteiger partial charge >= 0.3 is 0 Å². The van der Waals surface area contributed by atoms with Crippen molar-refractivity contribution in [1.29, 1.82) is 0 Å². The molecule has 3 nitrogen and oxygen atoms in total. The van der Waals surface area contributed by atoms with Gasteiger partial charge in [-0.2, -0.15) is 0 Å². The summed E-state index contributed by atoms with van der Waals surface area (Å²) in [5.74, 6) is 0.452. The van der Waals surface area contributed by atoms with Crippen LogP contribution < -0.4 is 5.32 Å². The summed E-state index contributed by atoms with van der Waals surface area (Å²) in [5, 5.41) is 4.95. The lowest BCUT2D eigenvalue weighted by molar-refractivity contribution is -0.121. The zero-order valence-electron chi connectivity index (χ0n) is 13.6. The van der Waals surface area contributed by atoms with Gasteiger partial charge in [-0.1, -0.05) is 50.2 Å². The van der Waals surface area contributed by atoms with Crippen molar-refractivity contribution < 1.29 is 9.59 Å². The summed E-state index contributed by atoms with van der Waals surface area (Å²) in [4.78, 5) is 24.9. The monoisotopic (exact) mass is 329 g/mol. The fourth-order valence-electron chi connectivity index (χ4n) is 2.49. The molecule has 0 aliphatic heterocycles. The molecule has 1 heterocycles. The molecule has 0 aliphatic carbocycles. The van der Waals surface area contributed by atoms with Crippen molar-refractivity contribution >= 4 is 23.0 Å². The molecule has 2 rings (SSSR count). The Hall–Kier alpha value is -1.94. The first-order valence-corrected chi connectivity index (χ1v) is 8.85. The van der Waals surface area contributed by atoms with E-state index in [9.17, 15) is 9.59 Å². The van der Waals surface area contributed by atoms with Crippen molar-refractivity contribution in [3.8, 4) is 0 Å². The van der Waals surface area contributed by atoms with Gasteiger partial charge in [0.05, 0.1) is 10.9 Å². The molecule has 0 fully saturated rings. The molecule has 0 radical (unpaired) electrons. The Kier molecular flexibility index (Phi) is 6.53. The zero-order chi connectivity index (χ0) is 16.7. The van der Waals surface area contributed by atoms with Crippen LogP contribution in [0.25, 0.3) is 0 Å². The smallest absolute Gasteiger partial charge is 0.220 e. The maximum atomic E-state index is 12.2. The second kappa shape index (κ2) is 8.63. The molecule has 4 heteroatoms. The minimum absolute atomic E-state index is 0.000500. The summed E-state index contributed by atoms with van der Waals surface area (Å²) in [6.07, 6.45) is 1.38. The summed E-state index contributed by atoms with van der Waals surface area (Å²) in [7, 11) is 0. The standard InChI is InChI=1S/C19H23NO2S/c1-14(2)13-16(15-7-4-3-5-8-15)20-19(22)11-10-17(21)18-9-6-12-23-18/h3-9,12,14,16H,10-11,13H2,1-2H3,(H,20,22). The van der Waals surface area contributed by atoms with Gasteiger partial charge in [0.2, 0.25) is 5.91 Å². The summed E-state index contributed by atoms with van der Waals surface area (Å²) in [5.41, 5.74) is 1.11. The highest BCUT2D eigenvalue weighted by atomic mass is 32.1. The van der Waals surface area contributed by atoms with E-state index >= 15 is 0 Å². The number of nitrogens with one attached hydrogen (secondary N) is 1. The second-order valence-corrected chi connectivity index (χ2v) is 7.01. The number of ketones is 1. The first-order chi connectivity index (χ1) is 11.1. The average Bonchev–Trinajstić information content (AvgIpc) is 3.07. The first-order valence-electron chi connectivity index (χ1n) is 7.97. The molecular formula is C19H23NO2S. The fraction of sp³-hybridized carbons (Fsp3) is 0.368. The van der Waals surface area contributed by atoms with E-state index in [0.29, 0.717) is 5.92 Å². The molecule has 1 atom stereocenters. The van der Waals surface area contributed by atoms with Gasteiger partial charge in [0.1, 0.15) is 0 Å². The molecule has 1 amide bonds. The van der Waals surface area contributed by atoms with Gasteiger partial charge < -0.3 is 5.32 Å². The Morgan fingerprint density at radius 2 is 1.78 bits per heavy atom. The Morgan fingerprint density at radius 3 is 2.39 bits per heavy atom. The predicted molar refractivity (Wildman–Crippen MR) is 94.7 cm³/mol. The lowest BCUT2D eigenvalue weighted by atomic mass is 9.97.